The highest BCUT2D eigenvalue weighted by Gasteiger charge is 2.22. The number of nitrogens with zero attached hydrogens (tertiary/aromatic N) is 5. The minimum absolute atomic E-state index is 0.119. The number of fused-ring (bicyclic) bond motifs is 1. The van der Waals surface area contributed by atoms with E-state index in [1.165, 1.54) is 31.2 Å². The Bertz CT molecular complexity index is 1040. The number of anilines is 1. The molecule has 0 spiro atoms. The first-order chi connectivity index (χ1) is 14.7. The van der Waals surface area contributed by atoms with Crippen molar-refractivity contribution < 1.29 is 9.84 Å². The Balaban J connectivity index is 1.37. The van der Waals surface area contributed by atoms with E-state index in [0.29, 0.717) is 24.3 Å². The highest BCUT2D eigenvalue weighted by atomic mass is 16.5. The highest BCUT2D eigenvalue weighted by Crippen LogP contribution is 2.32. The number of hydrogen-bond acceptors (Lipinski definition) is 7. The van der Waals surface area contributed by atoms with Crippen LogP contribution in [0.1, 0.15) is 43.2 Å². The molecule has 2 aromatic heterocycles. The molecule has 8 nitrogen and oxygen atoms in total. The van der Waals surface area contributed by atoms with Gasteiger partial charge in [-0.3, -0.25) is 9.47 Å². The summed E-state index contributed by atoms with van der Waals surface area (Å²) in [7, 11) is 0. The quantitative estimate of drug-likeness (QED) is 0.591. The SMILES string of the molecule is Nc1nc(OCCC2CC2)nc2c1nc(O)n2Cc1cccc(CN2CCCC2)c1. The number of nitrogen functional groups attached to an aromatic ring is 1. The number of aromatic nitrogens is 4. The Morgan fingerprint density at radius 2 is 1.83 bits per heavy atom. The first-order valence-corrected chi connectivity index (χ1v) is 10.8. The van der Waals surface area contributed by atoms with Gasteiger partial charge in [0.2, 0.25) is 0 Å². The summed E-state index contributed by atoms with van der Waals surface area (Å²) in [5.41, 5.74) is 9.31. The summed E-state index contributed by atoms with van der Waals surface area (Å²) in [5, 5.41) is 10.4. The van der Waals surface area contributed by atoms with Crippen LogP contribution in [0.5, 0.6) is 12.0 Å². The number of nitrogens with two attached hydrogens (primary N) is 1. The van der Waals surface area contributed by atoms with Crippen molar-refractivity contribution in [3.63, 3.8) is 0 Å². The van der Waals surface area contributed by atoms with E-state index < -0.39 is 0 Å². The Morgan fingerprint density at radius 1 is 1.07 bits per heavy atom. The van der Waals surface area contributed by atoms with E-state index in [4.69, 9.17) is 10.5 Å². The Kier molecular flexibility index (Phi) is 5.16. The summed E-state index contributed by atoms with van der Waals surface area (Å²) in [5.74, 6) is 0.992. The van der Waals surface area contributed by atoms with Crippen LogP contribution in [0.3, 0.4) is 0 Å². The molecule has 3 N–H and O–H groups in total. The van der Waals surface area contributed by atoms with Crippen LogP contribution in [0.15, 0.2) is 24.3 Å². The molecule has 2 aliphatic rings. The number of ether oxygens (including phenoxy) is 1. The molecule has 0 atom stereocenters. The van der Waals surface area contributed by atoms with E-state index in [-0.39, 0.29) is 17.8 Å². The van der Waals surface area contributed by atoms with E-state index >= 15 is 0 Å². The first-order valence-electron chi connectivity index (χ1n) is 10.8. The van der Waals surface area contributed by atoms with Gasteiger partial charge in [0.25, 0.3) is 6.01 Å². The normalized spacial score (nSPS) is 17.1. The fourth-order valence-electron chi connectivity index (χ4n) is 4.13. The van der Waals surface area contributed by atoms with Crippen molar-refractivity contribution in [2.24, 2.45) is 5.92 Å². The largest absolute Gasteiger partial charge is 0.480 e. The second-order valence-electron chi connectivity index (χ2n) is 8.45. The fraction of sp³-hybridized carbons (Fsp3) is 0.500. The van der Waals surface area contributed by atoms with E-state index in [1.807, 2.05) is 0 Å². The molecule has 1 saturated carbocycles. The Morgan fingerprint density at radius 3 is 2.60 bits per heavy atom. The van der Waals surface area contributed by atoms with Crippen LogP contribution in [-0.2, 0) is 13.1 Å². The van der Waals surface area contributed by atoms with Gasteiger partial charge >= 0.3 is 6.01 Å². The Hall–Kier alpha value is -2.87. The second-order valence-corrected chi connectivity index (χ2v) is 8.45. The van der Waals surface area contributed by atoms with Crippen molar-refractivity contribution in [1.82, 2.24) is 24.4 Å². The summed E-state index contributed by atoms with van der Waals surface area (Å²) in [4.78, 5) is 15.4. The molecule has 0 radical (unpaired) electrons. The van der Waals surface area contributed by atoms with Crippen LogP contribution < -0.4 is 10.5 Å². The molecule has 1 saturated heterocycles. The molecule has 30 heavy (non-hydrogen) atoms. The molecular weight excluding hydrogens is 380 g/mol. The summed E-state index contributed by atoms with van der Waals surface area (Å²) in [6, 6.07) is 8.57. The van der Waals surface area contributed by atoms with E-state index in [1.54, 1.807) is 4.57 Å². The van der Waals surface area contributed by atoms with Gasteiger partial charge in [0.1, 0.15) is 0 Å². The maximum Gasteiger partial charge on any atom is 0.320 e. The lowest BCUT2D eigenvalue weighted by Crippen LogP contribution is -2.18. The molecule has 5 rings (SSSR count). The average Bonchev–Trinajstić information content (AvgIpc) is 3.31. The second kappa shape index (κ2) is 8.10. The Labute approximate surface area is 175 Å². The van der Waals surface area contributed by atoms with E-state index in [2.05, 4.69) is 44.1 Å². The standard InChI is InChI=1S/C22H28N6O2/c23-19-18-20(26-21(25-19)30-11-8-15-6-7-15)28(22(29)24-18)14-17-5-3-4-16(12-17)13-27-9-1-2-10-27/h3-5,12,15H,1-2,6-11,13-14H2,(H,24,29)(H2,23,25,26). The maximum atomic E-state index is 10.4. The summed E-state index contributed by atoms with van der Waals surface area (Å²) in [6.07, 6.45) is 6.13. The monoisotopic (exact) mass is 408 g/mol. The third kappa shape index (κ3) is 4.18. The zero-order valence-corrected chi connectivity index (χ0v) is 17.1. The molecule has 3 heterocycles. The molecule has 8 heteroatoms. The zero-order chi connectivity index (χ0) is 20.5. The molecule has 0 unspecified atom stereocenters. The van der Waals surface area contributed by atoms with Crippen molar-refractivity contribution in [3.05, 3.63) is 35.4 Å². The zero-order valence-electron chi connectivity index (χ0n) is 17.1. The summed E-state index contributed by atoms with van der Waals surface area (Å²) >= 11 is 0. The highest BCUT2D eigenvalue weighted by molar-refractivity contribution is 5.83. The predicted molar refractivity (Wildman–Crippen MR) is 114 cm³/mol. The molecule has 158 valence electrons. The number of benzene rings is 1. The molecule has 0 bridgehead atoms. The molecule has 1 aliphatic heterocycles. The van der Waals surface area contributed by atoms with Gasteiger partial charge < -0.3 is 15.6 Å². The van der Waals surface area contributed by atoms with E-state index in [0.717, 1.165) is 37.5 Å². The third-order valence-electron chi connectivity index (χ3n) is 5.97. The van der Waals surface area contributed by atoms with Crippen molar-refractivity contribution in [2.75, 3.05) is 25.4 Å². The molecule has 3 aromatic rings. The maximum absolute atomic E-state index is 10.4. The summed E-state index contributed by atoms with van der Waals surface area (Å²) in [6.45, 7) is 4.31. The summed E-state index contributed by atoms with van der Waals surface area (Å²) < 4.78 is 7.39. The van der Waals surface area contributed by atoms with Crippen LogP contribution in [-0.4, -0.2) is 49.2 Å². The van der Waals surface area contributed by atoms with Gasteiger partial charge in [0.05, 0.1) is 13.2 Å². The first kappa shape index (κ1) is 19.1. The molecule has 1 aromatic carbocycles. The van der Waals surface area contributed by atoms with Gasteiger partial charge in [-0.15, -0.1) is 0 Å². The third-order valence-corrected chi connectivity index (χ3v) is 5.97. The number of likely N-dealkylation sites (tertiary alicyclic amines) is 1. The van der Waals surface area contributed by atoms with Gasteiger partial charge in [0, 0.05) is 6.54 Å². The molecule has 1 aliphatic carbocycles. The van der Waals surface area contributed by atoms with Crippen LogP contribution in [0.25, 0.3) is 11.2 Å². The fourth-order valence-corrected chi connectivity index (χ4v) is 4.13. The van der Waals surface area contributed by atoms with Gasteiger partial charge in [-0.25, -0.2) is 0 Å². The smallest absolute Gasteiger partial charge is 0.320 e. The van der Waals surface area contributed by atoms with Gasteiger partial charge in [0.15, 0.2) is 17.0 Å². The van der Waals surface area contributed by atoms with Crippen molar-refractivity contribution >= 4 is 17.0 Å². The molecular formula is C22H28N6O2. The van der Waals surface area contributed by atoms with Gasteiger partial charge in [-0.05, 0) is 49.4 Å². The number of rotatable bonds is 8. The van der Waals surface area contributed by atoms with Crippen LogP contribution >= 0.6 is 0 Å². The number of imidazole rings is 1. The molecule has 0 amide bonds. The lowest BCUT2D eigenvalue weighted by Gasteiger charge is -2.15. The minimum atomic E-state index is -0.119. The van der Waals surface area contributed by atoms with Crippen LogP contribution in [0.4, 0.5) is 5.82 Å². The van der Waals surface area contributed by atoms with Gasteiger partial charge in [-0.1, -0.05) is 37.1 Å². The molecule has 2 fully saturated rings. The van der Waals surface area contributed by atoms with Crippen LogP contribution in [0, 0.1) is 5.92 Å². The topological polar surface area (TPSA) is 102 Å². The van der Waals surface area contributed by atoms with Gasteiger partial charge in [-0.2, -0.15) is 15.0 Å². The average molecular weight is 409 g/mol. The van der Waals surface area contributed by atoms with Crippen molar-refractivity contribution in [3.8, 4) is 12.0 Å². The lowest BCUT2D eigenvalue weighted by atomic mass is 10.1. The lowest BCUT2D eigenvalue weighted by molar-refractivity contribution is 0.280. The number of aromatic hydroxyl groups is 1. The predicted octanol–water partition coefficient (Wildman–Crippen LogP) is 2.94. The minimum Gasteiger partial charge on any atom is -0.480 e. The number of hydrogen-bond donors (Lipinski definition) is 2. The van der Waals surface area contributed by atoms with E-state index in [9.17, 15) is 5.11 Å². The van der Waals surface area contributed by atoms with Crippen molar-refractivity contribution in [2.45, 2.75) is 45.2 Å². The van der Waals surface area contributed by atoms with Crippen LogP contribution in [0.2, 0.25) is 0 Å². The van der Waals surface area contributed by atoms with Crippen molar-refractivity contribution in [1.29, 1.82) is 0 Å².